The quantitative estimate of drug-likeness (QED) is 0.667. The molecule has 0 aliphatic rings. The first-order valence-corrected chi connectivity index (χ1v) is 7.91. The Morgan fingerprint density at radius 3 is 2.12 bits per heavy atom. The average Bonchev–Trinajstić information content (AvgIpc) is 2.14. The second-order valence-electron chi connectivity index (χ2n) is 5.21. The van der Waals surface area contributed by atoms with Gasteiger partial charge < -0.3 is 0 Å². The molecular formula is C11H24ClNO2S. The third-order valence-corrected chi connectivity index (χ3v) is 4.35. The Labute approximate surface area is 105 Å². The third-order valence-electron chi connectivity index (χ3n) is 2.31. The molecule has 0 aliphatic carbocycles. The van der Waals surface area contributed by atoms with E-state index in [2.05, 4.69) is 0 Å². The molecule has 0 heterocycles. The summed E-state index contributed by atoms with van der Waals surface area (Å²) in [6, 6.07) is 0. The van der Waals surface area contributed by atoms with Crippen LogP contribution in [-0.4, -0.2) is 37.4 Å². The Hall–Kier alpha value is 0.200. The SMILES string of the molecule is CCCN(CCCl)S(=O)(=O)CCC(C)(C)C. The van der Waals surface area contributed by atoms with E-state index in [0.29, 0.717) is 25.4 Å². The summed E-state index contributed by atoms with van der Waals surface area (Å²) in [5, 5.41) is 0. The number of alkyl halides is 1. The van der Waals surface area contributed by atoms with Crippen LogP contribution in [0.15, 0.2) is 0 Å². The molecule has 0 N–H and O–H groups in total. The van der Waals surface area contributed by atoms with Gasteiger partial charge in [0.05, 0.1) is 5.75 Å². The van der Waals surface area contributed by atoms with Gasteiger partial charge in [0, 0.05) is 19.0 Å². The lowest BCUT2D eigenvalue weighted by molar-refractivity contribution is 0.382. The van der Waals surface area contributed by atoms with Crippen molar-refractivity contribution < 1.29 is 8.42 Å². The Morgan fingerprint density at radius 1 is 1.19 bits per heavy atom. The van der Waals surface area contributed by atoms with Crippen molar-refractivity contribution in [2.24, 2.45) is 5.41 Å². The van der Waals surface area contributed by atoms with E-state index in [0.717, 1.165) is 6.42 Å². The summed E-state index contributed by atoms with van der Waals surface area (Å²) in [6.07, 6.45) is 1.50. The minimum atomic E-state index is -3.13. The van der Waals surface area contributed by atoms with Gasteiger partial charge in [0.25, 0.3) is 0 Å². The molecule has 0 rings (SSSR count). The highest BCUT2D eigenvalue weighted by molar-refractivity contribution is 7.89. The van der Waals surface area contributed by atoms with Crippen molar-refractivity contribution >= 4 is 21.6 Å². The van der Waals surface area contributed by atoms with E-state index in [1.807, 2.05) is 27.7 Å². The summed E-state index contributed by atoms with van der Waals surface area (Å²) in [4.78, 5) is 0. The van der Waals surface area contributed by atoms with Crippen LogP contribution < -0.4 is 0 Å². The molecule has 0 aliphatic heterocycles. The first kappa shape index (κ1) is 16.2. The summed E-state index contributed by atoms with van der Waals surface area (Å²) in [5.74, 6) is 0.572. The van der Waals surface area contributed by atoms with Crippen LogP contribution in [0, 0.1) is 5.41 Å². The molecule has 0 saturated carbocycles. The van der Waals surface area contributed by atoms with E-state index in [1.54, 1.807) is 0 Å². The second-order valence-corrected chi connectivity index (χ2v) is 7.68. The molecule has 0 bridgehead atoms. The summed E-state index contributed by atoms with van der Waals surface area (Å²) in [5.41, 5.74) is 0.0475. The third kappa shape index (κ3) is 6.71. The molecule has 0 aromatic carbocycles. The number of rotatable bonds is 7. The van der Waals surface area contributed by atoms with Gasteiger partial charge in [0.15, 0.2) is 0 Å². The van der Waals surface area contributed by atoms with Crippen molar-refractivity contribution in [1.82, 2.24) is 4.31 Å². The zero-order valence-electron chi connectivity index (χ0n) is 10.8. The van der Waals surface area contributed by atoms with Gasteiger partial charge >= 0.3 is 0 Å². The molecule has 16 heavy (non-hydrogen) atoms. The fourth-order valence-electron chi connectivity index (χ4n) is 1.30. The van der Waals surface area contributed by atoms with E-state index in [4.69, 9.17) is 11.6 Å². The van der Waals surface area contributed by atoms with Crippen LogP contribution in [0.4, 0.5) is 0 Å². The smallest absolute Gasteiger partial charge is 0.212 e. The maximum atomic E-state index is 12.0. The maximum Gasteiger partial charge on any atom is 0.214 e. The van der Waals surface area contributed by atoms with Crippen LogP contribution in [0.3, 0.4) is 0 Å². The summed E-state index contributed by atoms with van der Waals surface area (Å²) in [6.45, 7) is 9.11. The first-order chi connectivity index (χ1) is 7.23. The number of hydrogen-bond donors (Lipinski definition) is 0. The molecule has 5 heteroatoms. The Bertz CT molecular complexity index is 277. The lowest BCUT2D eigenvalue weighted by atomic mass is 9.94. The standard InChI is InChI=1S/C11H24ClNO2S/c1-5-8-13(9-7-12)16(14,15)10-6-11(2,3)4/h5-10H2,1-4H3. The Kier molecular flexibility index (Phi) is 6.90. The highest BCUT2D eigenvalue weighted by atomic mass is 35.5. The van der Waals surface area contributed by atoms with Crippen LogP contribution in [0.2, 0.25) is 0 Å². The molecule has 98 valence electrons. The van der Waals surface area contributed by atoms with Gasteiger partial charge in [0.1, 0.15) is 0 Å². The maximum absolute atomic E-state index is 12.0. The predicted molar refractivity (Wildman–Crippen MR) is 70.4 cm³/mol. The van der Waals surface area contributed by atoms with E-state index < -0.39 is 10.0 Å². The van der Waals surface area contributed by atoms with Crippen molar-refractivity contribution in [2.75, 3.05) is 24.7 Å². The minimum absolute atomic E-state index is 0.0475. The highest BCUT2D eigenvalue weighted by Crippen LogP contribution is 2.20. The summed E-state index contributed by atoms with van der Waals surface area (Å²) >= 11 is 5.62. The zero-order chi connectivity index (χ0) is 12.8. The van der Waals surface area contributed by atoms with Gasteiger partial charge in [-0.2, -0.15) is 0 Å². The lowest BCUT2D eigenvalue weighted by Crippen LogP contribution is -2.36. The Morgan fingerprint density at radius 2 is 1.75 bits per heavy atom. The molecule has 0 saturated heterocycles. The molecule has 0 aromatic rings. The van der Waals surface area contributed by atoms with Crippen molar-refractivity contribution in [3.05, 3.63) is 0 Å². The molecule has 0 aromatic heterocycles. The van der Waals surface area contributed by atoms with Crippen LogP contribution in [0.1, 0.15) is 40.5 Å². The van der Waals surface area contributed by atoms with E-state index >= 15 is 0 Å². The topological polar surface area (TPSA) is 37.4 Å². The first-order valence-electron chi connectivity index (χ1n) is 5.76. The number of hydrogen-bond acceptors (Lipinski definition) is 2. The lowest BCUT2D eigenvalue weighted by Gasteiger charge is -2.23. The van der Waals surface area contributed by atoms with E-state index in [9.17, 15) is 8.42 Å². The number of halogens is 1. The van der Waals surface area contributed by atoms with E-state index in [-0.39, 0.29) is 11.2 Å². The summed E-state index contributed by atoms with van der Waals surface area (Å²) in [7, 11) is -3.13. The molecule has 0 unspecified atom stereocenters. The fourth-order valence-corrected chi connectivity index (χ4v) is 3.56. The monoisotopic (exact) mass is 269 g/mol. The molecule has 0 fully saturated rings. The van der Waals surface area contributed by atoms with Crippen LogP contribution in [0.25, 0.3) is 0 Å². The van der Waals surface area contributed by atoms with Gasteiger partial charge in [-0.25, -0.2) is 12.7 Å². The van der Waals surface area contributed by atoms with Gasteiger partial charge in [-0.05, 0) is 18.3 Å². The molecule has 0 amide bonds. The van der Waals surface area contributed by atoms with Crippen LogP contribution in [-0.2, 0) is 10.0 Å². The van der Waals surface area contributed by atoms with Crippen LogP contribution >= 0.6 is 11.6 Å². The average molecular weight is 270 g/mol. The molecule has 0 atom stereocenters. The molecular weight excluding hydrogens is 246 g/mol. The van der Waals surface area contributed by atoms with Crippen molar-refractivity contribution in [3.63, 3.8) is 0 Å². The molecule has 0 radical (unpaired) electrons. The second kappa shape index (κ2) is 6.82. The molecule has 0 spiro atoms. The van der Waals surface area contributed by atoms with Gasteiger partial charge in [-0.3, -0.25) is 0 Å². The van der Waals surface area contributed by atoms with E-state index in [1.165, 1.54) is 4.31 Å². The largest absolute Gasteiger partial charge is 0.214 e. The van der Waals surface area contributed by atoms with Gasteiger partial charge in [-0.15, -0.1) is 11.6 Å². The number of nitrogens with zero attached hydrogens (tertiary/aromatic N) is 1. The van der Waals surface area contributed by atoms with Crippen molar-refractivity contribution in [2.45, 2.75) is 40.5 Å². The number of sulfonamides is 1. The zero-order valence-corrected chi connectivity index (χ0v) is 12.4. The van der Waals surface area contributed by atoms with Gasteiger partial charge in [0.2, 0.25) is 10.0 Å². The minimum Gasteiger partial charge on any atom is -0.212 e. The highest BCUT2D eigenvalue weighted by Gasteiger charge is 2.23. The predicted octanol–water partition coefficient (Wildman–Crippen LogP) is 2.70. The van der Waals surface area contributed by atoms with Crippen molar-refractivity contribution in [3.8, 4) is 0 Å². The normalized spacial score (nSPS) is 13.4. The van der Waals surface area contributed by atoms with Gasteiger partial charge in [-0.1, -0.05) is 27.7 Å². The van der Waals surface area contributed by atoms with Crippen LogP contribution in [0.5, 0.6) is 0 Å². The van der Waals surface area contributed by atoms with Crippen molar-refractivity contribution in [1.29, 1.82) is 0 Å². The fraction of sp³-hybridized carbons (Fsp3) is 1.00. The summed E-state index contributed by atoms with van der Waals surface area (Å²) < 4.78 is 25.6. The molecule has 3 nitrogen and oxygen atoms in total. The Balaban J connectivity index is 4.47.